The van der Waals surface area contributed by atoms with Gasteiger partial charge in [0.2, 0.25) is 5.91 Å². The van der Waals surface area contributed by atoms with Crippen molar-refractivity contribution in [3.8, 4) is 0 Å². The van der Waals surface area contributed by atoms with E-state index in [1.165, 1.54) is 26.2 Å². The lowest BCUT2D eigenvalue weighted by atomic mass is 9.48. The molecule has 5 rings (SSSR count). The number of thioether (sulfide) groups is 1. The van der Waals surface area contributed by atoms with Gasteiger partial charge in [-0.2, -0.15) is 0 Å². The average molecular weight is 343 g/mol. The minimum atomic E-state index is -0.0626. The van der Waals surface area contributed by atoms with Crippen molar-refractivity contribution < 1.29 is 9.59 Å². The first-order valence-corrected chi connectivity index (χ1v) is 10.0. The second-order valence-corrected chi connectivity index (χ2v) is 9.16. The SMILES string of the molecule is CC(=O)Nc1ccc(SCC(=O)C23CC4CC(CC(C4)C2)C3)cc1. The number of carbonyl (C=O) groups excluding carboxylic acids is 2. The lowest BCUT2D eigenvalue weighted by molar-refractivity contribution is -0.141. The molecule has 24 heavy (non-hydrogen) atoms. The van der Waals surface area contributed by atoms with E-state index in [2.05, 4.69) is 5.32 Å². The first-order valence-electron chi connectivity index (χ1n) is 9.06. The number of benzene rings is 1. The van der Waals surface area contributed by atoms with E-state index in [0.29, 0.717) is 11.5 Å². The third-order valence-electron chi connectivity index (χ3n) is 6.17. The number of anilines is 1. The number of Topliss-reactive ketones (excluding diaryl/α,β-unsaturated/α-hetero) is 1. The quantitative estimate of drug-likeness (QED) is 0.799. The molecular formula is C20H25NO2S. The van der Waals surface area contributed by atoms with Crippen LogP contribution in [0.5, 0.6) is 0 Å². The summed E-state index contributed by atoms with van der Waals surface area (Å²) in [6, 6.07) is 7.78. The van der Waals surface area contributed by atoms with Crippen molar-refractivity contribution in [2.75, 3.05) is 11.1 Å². The fourth-order valence-electron chi connectivity index (χ4n) is 5.59. The number of rotatable bonds is 5. The van der Waals surface area contributed by atoms with Crippen LogP contribution in [0, 0.1) is 23.2 Å². The van der Waals surface area contributed by atoms with Crippen LogP contribution in [-0.2, 0) is 9.59 Å². The molecule has 0 unspecified atom stereocenters. The smallest absolute Gasteiger partial charge is 0.221 e. The van der Waals surface area contributed by atoms with Crippen molar-refractivity contribution in [3.05, 3.63) is 24.3 Å². The first kappa shape index (κ1) is 16.2. The molecule has 4 fully saturated rings. The van der Waals surface area contributed by atoms with Crippen molar-refractivity contribution >= 4 is 29.1 Å². The van der Waals surface area contributed by atoms with Crippen LogP contribution in [0.15, 0.2) is 29.2 Å². The fourth-order valence-corrected chi connectivity index (χ4v) is 6.52. The molecule has 0 radical (unpaired) electrons. The van der Waals surface area contributed by atoms with E-state index >= 15 is 0 Å². The Morgan fingerprint density at radius 3 is 2.08 bits per heavy atom. The highest BCUT2D eigenvalue weighted by Gasteiger charge is 2.53. The Labute approximate surface area is 148 Å². The molecular weight excluding hydrogens is 318 g/mol. The summed E-state index contributed by atoms with van der Waals surface area (Å²) < 4.78 is 0. The maximum Gasteiger partial charge on any atom is 0.221 e. The number of hydrogen-bond acceptors (Lipinski definition) is 3. The minimum absolute atomic E-state index is 0.0118. The van der Waals surface area contributed by atoms with Crippen LogP contribution >= 0.6 is 11.8 Å². The summed E-state index contributed by atoms with van der Waals surface area (Å²) in [5, 5.41) is 2.77. The van der Waals surface area contributed by atoms with Gasteiger partial charge in [-0.1, -0.05) is 0 Å². The summed E-state index contributed by atoms with van der Waals surface area (Å²) >= 11 is 1.64. The van der Waals surface area contributed by atoms with E-state index in [0.717, 1.165) is 47.6 Å². The Bertz CT molecular complexity index is 617. The Morgan fingerprint density at radius 2 is 1.58 bits per heavy atom. The molecule has 4 bridgehead atoms. The van der Waals surface area contributed by atoms with Crippen molar-refractivity contribution in [1.82, 2.24) is 0 Å². The molecule has 4 saturated carbocycles. The molecule has 0 aliphatic heterocycles. The summed E-state index contributed by atoms with van der Waals surface area (Å²) in [6.07, 6.45) is 7.60. The van der Waals surface area contributed by atoms with E-state index in [1.54, 1.807) is 11.8 Å². The topological polar surface area (TPSA) is 46.2 Å². The Balaban J connectivity index is 1.37. The molecule has 1 N–H and O–H groups in total. The zero-order chi connectivity index (χ0) is 16.7. The van der Waals surface area contributed by atoms with Gasteiger partial charge in [-0.15, -0.1) is 11.8 Å². The molecule has 4 heteroatoms. The van der Waals surface area contributed by atoms with E-state index in [4.69, 9.17) is 0 Å². The third-order valence-corrected chi connectivity index (χ3v) is 7.19. The van der Waals surface area contributed by atoms with Crippen LogP contribution in [0.4, 0.5) is 5.69 Å². The largest absolute Gasteiger partial charge is 0.326 e. The molecule has 128 valence electrons. The molecule has 1 aromatic carbocycles. The molecule has 3 nitrogen and oxygen atoms in total. The van der Waals surface area contributed by atoms with Crippen LogP contribution in [0.25, 0.3) is 0 Å². The van der Waals surface area contributed by atoms with Gasteiger partial charge in [-0.25, -0.2) is 0 Å². The van der Waals surface area contributed by atoms with Gasteiger partial charge in [0.15, 0.2) is 0 Å². The highest BCUT2D eigenvalue weighted by molar-refractivity contribution is 8.00. The summed E-state index contributed by atoms with van der Waals surface area (Å²) in [4.78, 5) is 25.2. The molecule has 0 aromatic heterocycles. The zero-order valence-electron chi connectivity index (χ0n) is 14.2. The van der Waals surface area contributed by atoms with Gasteiger partial charge < -0.3 is 5.32 Å². The van der Waals surface area contributed by atoms with Crippen LogP contribution < -0.4 is 5.32 Å². The Hall–Kier alpha value is -1.29. The molecule has 4 aliphatic carbocycles. The molecule has 1 amide bonds. The molecule has 1 aromatic rings. The van der Waals surface area contributed by atoms with E-state index in [1.807, 2.05) is 24.3 Å². The van der Waals surface area contributed by atoms with Crippen LogP contribution in [0.2, 0.25) is 0 Å². The van der Waals surface area contributed by atoms with Gasteiger partial charge in [0.1, 0.15) is 5.78 Å². The molecule has 0 heterocycles. The highest BCUT2D eigenvalue weighted by Crippen LogP contribution is 2.60. The van der Waals surface area contributed by atoms with Gasteiger partial charge in [-0.3, -0.25) is 9.59 Å². The normalized spacial score (nSPS) is 33.5. The molecule has 0 spiro atoms. The van der Waals surface area contributed by atoms with Gasteiger partial charge in [0.25, 0.3) is 0 Å². The second-order valence-electron chi connectivity index (χ2n) is 8.12. The lowest BCUT2D eigenvalue weighted by Gasteiger charge is -2.56. The number of hydrogen-bond donors (Lipinski definition) is 1. The number of ketones is 1. The lowest BCUT2D eigenvalue weighted by Crippen LogP contribution is -2.50. The van der Waals surface area contributed by atoms with E-state index < -0.39 is 0 Å². The van der Waals surface area contributed by atoms with Crippen molar-refractivity contribution in [3.63, 3.8) is 0 Å². The Kier molecular flexibility index (Phi) is 4.19. The van der Waals surface area contributed by atoms with Gasteiger partial charge in [0, 0.05) is 22.9 Å². The molecule has 0 atom stereocenters. The Morgan fingerprint density at radius 1 is 1.04 bits per heavy atom. The fraction of sp³-hybridized carbons (Fsp3) is 0.600. The number of nitrogens with one attached hydrogen (secondary N) is 1. The summed E-state index contributed by atoms with van der Waals surface area (Å²) in [6.45, 7) is 1.51. The van der Waals surface area contributed by atoms with Crippen molar-refractivity contribution in [1.29, 1.82) is 0 Å². The maximum atomic E-state index is 13.0. The van der Waals surface area contributed by atoms with Crippen LogP contribution in [0.3, 0.4) is 0 Å². The van der Waals surface area contributed by atoms with Gasteiger partial charge >= 0.3 is 0 Å². The number of carbonyl (C=O) groups is 2. The monoisotopic (exact) mass is 343 g/mol. The second kappa shape index (κ2) is 6.21. The predicted molar refractivity (Wildman–Crippen MR) is 97.1 cm³/mol. The van der Waals surface area contributed by atoms with Crippen molar-refractivity contribution in [2.24, 2.45) is 23.2 Å². The maximum absolute atomic E-state index is 13.0. The highest BCUT2D eigenvalue weighted by atomic mass is 32.2. The average Bonchev–Trinajstić information content (AvgIpc) is 2.52. The van der Waals surface area contributed by atoms with Crippen molar-refractivity contribution in [2.45, 2.75) is 50.3 Å². The van der Waals surface area contributed by atoms with Gasteiger partial charge in [-0.05, 0) is 80.5 Å². The van der Waals surface area contributed by atoms with E-state index in [9.17, 15) is 9.59 Å². The van der Waals surface area contributed by atoms with Gasteiger partial charge in [0.05, 0.1) is 5.75 Å². The summed E-state index contributed by atoms with van der Waals surface area (Å²) in [7, 11) is 0. The van der Waals surface area contributed by atoms with Crippen LogP contribution in [-0.4, -0.2) is 17.4 Å². The standard InChI is InChI=1S/C20H25NO2S/c1-13(22)21-17-2-4-18(5-3-17)24-12-19(23)20-9-14-6-15(10-20)8-16(7-14)11-20/h2-5,14-16H,6-12H2,1H3,(H,21,22). The molecule has 0 saturated heterocycles. The van der Waals surface area contributed by atoms with Crippen LogP contribution in [0.1, 0.15) is 45.4 Å². The predicted octanol–water partition coefficient (Wildman–Crippen LogP) is 4.52. The summed E-state index contributed by atoms with van der Waals surface area (Å²) in [5.74, 6) is 3.47. The number of amides is 1. The third kappa shape index (κ3) is 3.13. The van der Waals surface area contributed by atoms with E-state index in [-0.39, 0.29) is 11.3 Å². The first-order chi connectivity index (χ1) is 11.5. The zero-order valence-corrected chi connectivity index (χ0v) is 15.0. The minimum Gasteiger partial charge on any atom is -0.326 e. The molecule has 4 aliphatic rings. The summed E-state index contributed by atoms with van der Waals surface area (Å²) in [5.41, 5.74) is 0.817.